The van der Waals surface area contributed by atoms with Crippen molar-refractivity contribution in [2.75, 3.05) is 36.4 Å². The van der Waals surface area contributed by atoms with E-state index in [0.717, 1.165) is 37.4 Å². The second kappa shape index (κ2) is 8.27. The highest BCUT2D eigenvalue weighted by Crippen LogP contribution is 2.27. The molecule has 2 aliphatic rings. The summed E-state index contributed by atoms with van der Waals surface area (Å²) in [5.41, 5.74) is 4.19. The van der Waals surface area contributed by atoms with E-state index in [1.54, 1.807) is 0 Å². The molecule has 7 heteroatoms. The fourth-order valence-corrected chi connectivity index (χ4v) is 4.27. The minimum atomic E-state index is -0.157. The largest absolute Gasteiger partial charge is 0.370 e. The highest BCUT2D eigenvalue weighted by atomic mass is 16.2. The minimum absolute atomic E-state index is 0.0208. The smallest absolute Gasteiger partial charge is 0.229 e. The second-order valence-electron chi connectivity index (χ2n) is 7.91. The third-order valence-corrected chi connectivity index (χ3v) is 6.02. The van der Waals surface area contributed by atoms with Crippen molar-refractivity contribution in [3.05, 3.63) is 41.7 Å². The van der Waals surface area contributed by atoms with Crippen molar-refractivity contribution < 1.29 is 9.59 Å². The molecule has 0 saturated carbocycles. The SMILES string of the molecule is CCn1cc(NC(=O)C2CCN(C(=O)CCN3CCc4ccccc43)C2)c(C)n1. The monoisotopic (exact) mass is 395 g/mol. The van der Waals surface area contributed by atoms with E-state index < -0.39 is 0 Å². The first-order valence-corrected chi connectivity index (χ1v) is 10.5. The summed E-state index contributed by atoms with van der Waals surface area (Å²) in [5, 5.41) is 7.35. The van der Waals surface area contributed by atoms with Crippen LogP contribution >= 0.6 is 0 Å². The summed E-state index contributed by atoms with van der Waals surface area (Å²) < 4.78 is 1.81. The van der Waals surface area contributed by atoms with Crippen LogP contribution in [-0.2, 0) is 22.6 Å². The number of aromatic nitrogens is 2. The van der Waals surface area contributed by atoms with Crippen molar-refractivity contribution in [3.63, 3.8) is 0 Å². The Morgan fingerprint density at radius 3 is 2.86 bits per heavy atom. The van der Waals surface area contributed by atoms with Crippen LogP contribution in [-0.4, -0.2) is 52.7 Å². The summed E-state index contributed by atoms with van der Waals surface area (Å²) in [6.07, 6.45) is 4.11. The average molecular weight is 396 g/mol. The van der Waals surface area contributed by atoms with Gasteiger partial charge in [-0.05, 0) is 38.3 Å². The number of hydrogen-bond donors (Lipinski definition) is 1. The number of benzene rings is 1. The maximum absolute atomic E-state index is 12.7. The van der Waals surface area contributed by atoms with E-state index in [1.165, 1.54) is 11.3 Å². The first kappa shape index (κ1) is 19.5. The molecule has 1 saturated heterocycles. The van der Waals surface area contributed by atoms with Crippen LogP contribution in [0.3, 0.4) is 0 Å². The molecule has 1 atom stereocenters. The van der Waals surface area contributed by atoms with Crippen LogP contribution in [0, 0.1) is 12.8 Å². The van der Waals surface area contributed by atoms with Gasteiger partial charge in [-0.15, -0.1) is 0 Å². The lowest BCUT2D eigenvalue weighted by molar-refractivity contribution is -0.130. The predicted octanol–water partition coefficient (Wildman–Crippen LogP) is 2.45. The zero-order valence-electron chi connectivity index (χ0n) is 17.2. The Hall–Kier alpha value is -2.83. The third kappa shape index (κ3) is 4.13. The van der Waals surface area contributed by atoms with Gasteiger partial charge in [-0.1, -0.05) is 18.2 Å². The Kier molecular flexibility index (Phi) is 5.56. The van der Waals surface area contributed by atoms with Crippen LogP contribution in [0.4, 0.5) is 11.4 Å². The Labute approximate surface area is 171 Å². The van der Waals surface area contributed by atoms with E-state index in [0.29, 0.717) is 25.9 Å². The highest BCUT2D eigenvalue weighted by molar-refractivity contribution is 5.93. The van der Waals surface area contributed by atoms with Crippen LogP contribution < -0.4 is 10.2 Å². The third-order valence-electron chi connectivity index (χ3n) is 6.02. The van der Waals surface area contributed by atoms with Gasteiger partial charge in [0.15, 0.2) is 0 Å². The topological polar surface area (TPSA) is 70.5 Å². The molecule has 3 heterocycles. The highest BCUT2D eigenvalue weighted by Gasteiger charge is 2.31. The Balaban J connectivity index is 1.27. The van der Waals surface area contributed by atoms with Gasteiger partial charge in [-0.3, -0.25) is 14.3 Å². The van der Waals surface area contributed by atoms with Gasteiger partial charge in [0.2, 0.25) is 11.8 Å². The van der Waals surface area contributed by atoms with Crippen LogP contribution in [0.25, 0.3) is 0 Å². The van der Waals surface area contributed by atoms with Gasteiger partial charge in [0, 0.05) is 51.0 Å². The number of anilines is 2. The zero-order valence-corrected chi connectivity index (χ0v) is 17.2. The van der Waals surface area contributed by atoms with E-state index in [1.807, 2.05) is 29.6 Å². The molecule has 0 aliphatic carbocycles. The van der Waals surface area contributed by atoms with Gasteiger partial charge >= 0.3 is 0 Å². The first-order valence-electron chi connectivity index (χ1n) is 10.5. The number of fused-ring (bicyclic) bond motifs is 1. The van der Waals surface area contributed by atoms with Crippen LogP contribution in [0.15, 0.2) is 30.5 Å². The van der Waals surface area contributed by atoms with Crippen LogP contribution in [0.2, 0.25) is 0 Å². The van der Waals surface area contributed by atoms with Crippen molar-refractivity contribution in [2.45, 2.75) is 39.7 Å². The molecule has 0 radical (unpaired) electrons. The number of amides is 2. The summed E-state index contributed by atoms with van der Waals surface area (Å²) in [7, 11) is 0. The van der Waals surface area contributed by atoms with Gasteiger partial charge in [0.1, 0.15) is 0 Å². The number of carbonyl (C=O) groups excluding carboxylic acids is 2. The van der Waals surface area contributed by atoms with Crippen molar-refractivity contribution >= 4 is 23.2 Å². The average Bonchev–Trinajstić information content (AvgIpc) is 3.45. The van der Waals surface area contributed by atoms with Crippen molar-refractivity contribution in [1.29, 1.82) is 0 Å². The van der Waals surface area contributed by atoms with Crippen molar-refractivity contribution in [2.24, 2.45) is 5.92 Å². The molecule has 0 bridgehead atoms. The Bertz CT molecular complexity index is 906. The molecule has 1 unspecified atom stereocenters. The lowest BCUT2D eigenvalue weighted by atomic mass is 10.1. The maximum atomic E-state index is 12.7. The molecule has 1 N–H and O–H groups in total. The molecule has 1 fully saturated rings. The number of hydrogen-bond acceptors (Lipinski definition) is 4. The maximum Gasteiger partial charge on any atom is 0.229 e. The number of aryl methyl sites for hydroxylation is 2. The lowest BCUT2D eigenvalue weighted by Gasteiger charge is -2.22. The lowest BCUT2D eigenvalue weighted by Crippen LogP contribution is -2.34. The van der Waals surface area contributed by atoms with Crippen LogP contribution in [0.1, 0.15) is 31.0 Å². The summed E-state index contributed by atoms with van der Waals surface area (Å²) in [6.45, 7) is 7.54. The van der Waals surface area contributed by atoms with E-state index in [2.05, 4.69) is 39.6 Å². The quantitative estimate of drug-likeness (QED) is 0.816. The Morgan fingerprint density at radius 1 is 1.24 bits per heavy atom. The molecule has 7 nitrogen and oxygen atoms in total. The molecular formula is C22H29N5O2. The molecule has 2 amide bonds. The molecule has 0 spiro atoms. The molecule has 2 aromatic rings. The Morgan fingerprint density at radius 2 is 2.07 bits per heavy atom. The molecule has 1 aromatic carbocycles. The van der Waals surface area contributed by atoms with Gasteiger partial charge in [-0.2, -0.15) is 5.10 Å². The summed E-state index contributed by atoms with van der Waals surface area (Å²) in [4.78, 5) is 29.5. The minimum Gasteiger partial charge on any atom is -0.370 e. The second-order valence-corrected chi connectivity index (χ2v) is 7.91. The molecule has 2 aliphatic heterocycles. The van der Waals surface area contributed by atoms with E-state index >= 15 is 0 Å². The summed E-state index contributed by atoms with van der Waals surface area (Å²) >= 11 is 0. The normalized spacial score (nSPS) is 18.2. The molecule has 4 rings (SSSR count). The summed E-state index contributed by atoms with van der Waals surface area (Å²) in [6, 6.07) is 8.41. The fraction of sp³-hybridized carbons (Fsp3) is 0.500. The van der Waals surface area contributed by atoms with E-state index in [9.17, 15) is 9.59 Å². The molecule has 154 valence electrons. The number of para-hydroxylation sites is 1. The summed E-state index contributed by atoms with van der Waals surface area (Å²) in [5.74, 6) is -0.0389. The van der Waals surface area contributed by atoms with E-state index in [4.69, 9.17) is 0 Å². The standard InChI is InChI=1S/C22H29N5O2/c1-3-27-15-19(16(2)24-27)23-22(29)18-9-12-26(14-18)21(28)10-13-25-11-8-17-6-4-5-7-20(17)25/h4-7,15,18H,3,8-14H2,1-2H3,(H,23,29). The van der Waals surface area contributed by atoms with Crippen molar-refractivity contribution in [1.82, 2.24) is 14.7 Å². The fourth-order valence-electron chi connectivity index (χ4n) is 4.27. The predicted molar refractivity (Wildman–Crippen MR) is 113 cm³/mol. The van der Waals surface area contributed by atoms with Gasteiger partial charge in [0.05, 0.1) is 17.3 Å². The van der Waals surface area contributed by atoms with Gasteiger partial charge in [-0.25, -0.2) is 0 Å². The number of nitrogens with one attached hydrogen (secondary N) is 1. The number of likely N-dealkylation sites (tertiary alicyclic amines) is 1. The molecule has 29 heavy (non-hydrogen) atoms. The van der Waals surface area contributed by atoms with Gasteiger partial charge in [0.25, 0.3) is 0 Å². The number of rotatable bonds is 6. The zero-order chi connectivity index (χ0) is 20.4. The molecule has 1 aromatic heterocycles. The molecular weight excluding hydrogens is 366 g/mol. The van der Waals surface area contributed by atoms with Crippen LogP contribution in [0.5, 0.6) is 0 Å². The number of nitrogens with zero attached hydrogens (tertiary/aromatic N) is 4. The number of carbonyl (C=O) groups is 2. The van der Waals surface area contributed by atoms with E-state index in [-0.39, 0.29) is 17.7 Å². The van der Waals surface area contributed by atoms with Crippen molar-refractivity contribution in [3.8, 4) is 0 Å². The first-order chi connectivity index (χ1) is 14.0. The van der Waals surface area contributed by atoms with Gasteiger partial charge < -0.3 is 15.1 Å².